The van der Waals surface area contributed by atoms with Gasteiger partial charge in [-0.1, -0.05) is 29.4 Å². The lowest BCUT2D eigenvalue weighted by molar-refractivity contribution is -0.113. The zero-order valence-corrected chi connectivity index (χ0v) is 15.0. The fourth-order valence-electron chi connectivity index (χ4n) is 2.58. The Morgan fingerprint density at radius 3 is 2.74 bits per heavy atom. The average molecular weight is 351 g/mol. The second-order valence-corrected chi connectivity index (χ2v) is 7.26. The van der Waals surface area contributed by atoms with Crippen molar-refractivity contribution in [2.45, 2.75) is 44.8 Å². The molecule has 2 aromatic rings. The van der Waals surface area contributed by atoms with Crippen molar-refractivity contribution in [1.82, 2.24) is 14.8 Å². The van der Waals surface area contributed by atoms with Crippen LogP contribution < -0.4 is 5.32 Å². The highest BCUT2D eigenvalue weighted by Gasteiger charge is 2.28. The Kier molecular flexibility index (Phi) is 4.64. The Morgan fingerprint density at radius 2 is 2.09 bits per heavy atom. The van der Waals surface area contributed by atoms with Gasteiger partial charge in [0.05, 0.1) is 16.5 Å². The Bertz CT molecular complexity index is 732. The number of hydrogen-bond acceptors (Lipinski definition) is 4. The smallest absolute Gasteiger partial charge is 0.234 e. The molecule has 0 saturated heterocycles. The molecule has 122 valence electrons. The quantitative estimate of drug-likeness (QED) is 0.830. The summed E-state index contributed by atoms with van der Waals surface area (Å²) in [6, 6.07) is 4.36. The minimum absolute atomic E-state index is 0.0909. The van der Waals surface area contributed by atoms with Gasteiger partial charge in [0.25, 0.3) is 0 Å². The van der Waals surface area contributed by atoms with Crippen molar-refractivity contribution in [2.24, 2.45) is 0 Å². The van der Waals surface area contributed by atoms with Gasteiger partial charge in [-0.05, 0) is 50.8 Å². The van der Waals surface area contributed by atoms with E-state index in [9.17, 15) is 4.79 Å². The number of aromatic nitrogens is 3. The Balaban J connectivity index is 1.65. The van der Waals surface area contributed by atoms with Crippen molar-refractivity contribution in [3.63, 3.8) is 0 Å². The molecule has 3 rings (SSSR count). The summed E-state index contributed by atoms with van der Waals surface area (Å²) in [5.74, 6) is 1.11. The summed E-state index contributed by atoms with van der Waals surface area (Å²) in [5, 5.41) is 12.6. The molecule has 1 amide bonds. The third kappa shape index (κ3) is 3.70. The maximum atomic E-state index is 12.2. The maximum absolute atomic E-state index is 12.2. The number of hydrogen-bond donors (Lipinski definition) is 1. The van der Waals surface area contributed by atoms with Gasteiger partial charge in [0.2, 0.25) is 5.91 Å². The van der Waals surface area contributed by atoms with E-state index in [-0.39, 0.29) is 11.7 Å². The fourth-order valence-corrected chi connectivity index (χ4v) is 3.80. The van der Waals surface area contributed by atoms with E-state index in [1.165, 1.54) is 11.8 Å². The average Bonchev–Trinajstić information content (AvgIpc) is 3.24. The number of nitrogens with zero attached hydrogens (tertiary/aromatic N) is 3. The molecule has 5 nitrogen and oxygen atoms in total. The zero-order valence-electron chi connectivity index (χ0n) is 13.4. The van der Waals surface area contributed by atoms with Gasteiger partial charge < -0.3 is 9.88 Å². The Morgan fingerprint density at radius 1 is 1.35 bits per heavy atom. The fraction of sp³-hybridized carbons (Fsp3) is 0.438. The molecule has 1 aromatic carbocycles. The number of rotatable bonds is 5. The van der Waals surface area contributed by atoms with E-state index in [1.54, 1.807) is 0 Å². The summed E-state index contributed by atoms with van der Waals surface area (Å²) in [6.07, 6.45) is 2.33. The van der Waals surface area contributed by atoms with Gasteiger partial charge in [0, 0.05) is 6.04 Å². The van der Waals surface area contributed by atoms with Crippen LogP contribution in [0.4, 0.5) is 5.69 Å². The summed E-state index contributed by atoms with van der Waals surface area (Å²) in [6.45, 7) is 5.87. The van der Waals surface area contributed by atoms with E-state index in [4.69, 9.17) is 11.6 Å². The van der Waals surface area contributed by atoms with Crippen molar-refractivity contribution in [3.05, 3.63) is 34.1 Å². The van der Waals surface area contributed by atoms with E-state index < -0.39 is 0 Å². The number of amides is 1. The number of nitrogens with one attached hydrogen (secondary N) is 1. The third-order valence-electron chi connectivity index (χ3n) is 3.78. The number of thioether (sulfide) groups is 1. The number of aryl methyl sites for hydroxylation is 3. The molecule has 7 heteroatoms. The van der Waals surface area contributed by atoms with Crippen LogP contribution in [0.5, 0.6) is 0 Å². The molecule has 0 bridgehead atoms. The van der Waals surface area contributed by atoms with Crippen LogP contribution in [0.2, 0.25) is 5.02 Å². The largest absolute Gasteiger partial charge is 0.324 e. The summed E-state index contributed by atoms with van der Waals surface area (Å²) in [7, 11) is 0. The molecule has 1 aliphatic rings. The molecule has 23 heavy (non-hydrogen) atoms. The van der Waals surface area contributed by atoms with E-state index in [2.05, 4.69) is 20.1 Å². The third-order valence-corrected chi connectivity index (χ3v) is 5.02. The Hall–Kier alpha value is -1.53. The number of anilines is 1. The second kappa shape index (κ2) is 6.53. The van der Waals surface area contributed by atoms with Crippen molar-refractivity contribution < 1.29 is 4.79 Å². The number of halogens is 1. The van der Waals surface area contributed by atoms with Crippen LogP contribution >= 0.6 is 23.4 Å². The monoisotopic (exact) mass is 350 g/mol. The van der Waals surface area contributed by atoms with Crippen molar-refractivity contribution >= 4 is 35.0 Å². The summed E-state index contributed by atoms with van der Waals surface area (Å²) in [5.41, 5.74) is 2.72. The second-order valence-electron chi connectivity index (χ2n) is 5.91. The zero-order chi connectivity index (χ0) is 16.6. The van der Waals surface area contributed by atoms with Crippen LogP contribution in [0, 0.1) is 20.8 Å². The molecular weight excluding hydrogens is 332 g/mol. The molecule has 1 aromatic heterocycles. The Labute approximate surface area is 144 Å². The van der Waals surface area contributed by atoms with Crippen LogP contribution in [-0.4, -0.2) is 26.4 Å². The summed E-state index contributed by atoms with van der Waals surface area (Å²) in [4.78, 5) is 12.2. The lowest BCUT2D eigenvalue weighted by Crippen LogP contribution is -2.16. The first-order valence-corrected chi connectivity index (χ1v) is 8.93. The molecule has 0 unspecified atom stereocenters. The highest BCUT2D eigenvalue weighted by Crippen LogP contribution is 2.38. The van der Waals surface area contributed by atoms with Gasteiger partial charge in [-0.25, -0.2) is 0 Å². The molecule has 1 N–H and O–H groups in total. The lowest BCUT2D eigenvalue weighted by atomic mass is 10.1. The molecule has 1 fully saturated rings. The molecule has 0 atom stereocenters. The van der Waals surface area contributed by atoms with Gasteiger partial charge in [0.15, 0.2) is 5.16 Å². The first-order valence-electron chi connectivity index (χ1n) is 7.56. The first-order chi connectivity index (χ1) is 11.0. The van der Waals surface area contributed by atoms with E-state index in [0.717, 1.165) is 34.9 Å². The van der Waals surface area contributed by atoms with Gasteiger partial charge in [-0.15, -0.1) is 10.2 Å². The molecule has 0 radical (unpaired) electrons. The molecule has 1 aliphatic carbocycles. The molecular formula is C16H19ClN4OS. The predicted octanol–water partition coefficient (Wildman–Crippen LogP) is 3.92. The van der Waals surface area contributed by atoms with Crippen LogP contribution in [0.25, 0.3) is 0 Å². The first kappa shape index (κ1) is 16.3. The van der Waals surface area contributed by atoms with Gasteiger partial charge in [0.1, 0.15) is 5.82 Å². The normalized spacial score (nSPS) is 14.1. The molecule has 1 heterocycles. The topological polar surface area (TPSA) is 59.8 Å². The van der Waals surface area contributed by atoms with E-state index in [1.807, 2.05) is 32.9 Å². The highest BCUT2D eigenvalue weighted by atomic mass is 35.5. The van der Waals surface area contributed by atoms with Crippen molar-refractivity contribution in [3.8, 4) is 0 Å². The van der Waals surface area contributed by atoms with E-state index >= 15 is 0 Å². The van der Waals surface area contributed by atoms with Gasteiger partial charge in [-0.3, -0.25) is 4.79 Å². The highest BCUT2D eigenvalue weighted by molar-refractivity contribution is 7.99. The molecule has 0 aliphatic heterocycles. The maximum Gasteiger partial charge on any atom is 0.234 e. The number of carbonyl (C=O) groups is 1. The van der Waals surface area contributed by atoms with Crippen LogP contribution in [0.15, 0.2) is 17.3 Å². The van der Waals surface area contributed by atoms with Crippen molar-refractivity contribution in [2.75, 3.05) is 11.1 Å². The SMILES string of the molecule is Cc1cc(C)c(NC(=O)CSc2nnc(C)n2C2CC2)c(Cl)c1. The molecule has 0 spiro atoms. The van der Waals surface area contributed by atoms with E-state index in [0.29, 0.717) is 16.8 Å². The summed E-state index contributed by atoms with van der Waals surface area (Å²) < 4.78 is 2.13. The van der Waals surface area contributed by atoms with Crippen molar-refractivity contribution in [1.29, 1.82) is 0 Å². The summed E-state index contributed by atoms with van der Waals surface area (Å²) >= 11 is 7.64. The number of benzene rings is 1. The lowest BCUT2D eigenvalue weighted by Gasteiger charge is -2.11. The van der Waals surface area contributed by atoms with Crippen LogP contribution in [-0.2, 0) is 4.79 Å². The standard InChI is InChI=1S/C16H19ClN4OS/c1-9-6-10(2)15(13(17)7-9)18-14(22)8-23-16-20-19-11(3)21(16)12-4-5-12/h6-7,12H,4-5,8H2,1-3H3,(H,18,22). The molecule has 1 saturated carbocycles. The minimum Gasteiger partial charge on any atom is -0.324 e. The van der Waals surface area contributed by atoms with Crippen LogP contribution in [0.3, 0.4) is 0 Å². The van der Waals surface area contributed by atoms with Gasteiger partial charge in [-0.2, -0.15) is 0 Å². The number of carbonyl (C=O) groups excluding carboxylic acids is 1. The predicted molar refractivity (Wildman–Crippen MR) is 93.3 cm³/mol. The van der Waals surface area contributed by atoms with Crippen LogP contribution in [0.1, 0.15) is 35.8 Å². The minimum atomic E-state index is -0.0909. The van der Waals surface area contributed by atoms with Gasteiger partial charge >= 0.3 is 0 Å².